The standard InChI is InChI=1S/C10H5F9N2O5S2/c11-7(12,9(15,16)17)8(13,14)10(18,19)28(25,26)21-27(23,24)6-3-1-5(20-22)2-4-6/h1-4,21H. The van der Waals surface area contributed by atoms with Crippen LogP contribution in [0.1, 0.15) is 0 Å². The number of sulfonamides is 2. The first-order valence-corrected chi connectivity index (χ1v) is 9.13. The molecule has 0 spiro atoms. The third kappa shape index (κ3) is 3.79. The first-order chi connectivity index (χ1) is 12.2. The molecule has 28 heavy (non-hydrogen) atoms. The molecule has 1 aromatic rings. The Balaban J connectivity index is 3.42. The first-order valence-electron chi connectivity index (χ1n) is 6.16. The number of nitrogens with one attached hydrogen (secondary N) is 1. The van der Waals surface area contributed by atoms with Crippen LogP contribution in [0.3, 0.4) is 0 Å². The summed E-state index contributed by atoms with van der Waals surface area (Å²) in [7, 11) is -13.1. The average Bonchev–Trinajstić information content (AvgIpc) is 2.52. The molecule has 7 nitrogen and oxygen atoms in total. The van der Waals surface area contributed by atoms with Crippen molar-refractivity contribution in [2.75, 3.05) is 0 Å². The van der Waals surface area contributed by atoms with Gasteiger partial charge in [0.1, 0.15) is 5.69 Å². The Kier molecular flexibility index (Phi) is 5.88. The van der Waals surface area contributed by atoms with Crippen LogP contribution in [0.5, 0.6) is 0 Å². The minimum Gasteiger partial charge on any atom is -0.206 e. The highest BCUT2D eigenvalue weighted by atomic mass is 32.3. The van der Waals surface area contributed by atoms with Gasteiger partial charge < -0.3 is 0 Å². The van der Waals surface area contributed by atoms with Gasteiger partial charge in [0.05, 0.1) is 4.90 Å². The maximum Gasteiger partial charge on any atom is 0.460 e. The summed E-state index contributed by atoms with van der Waals surface area (Å²) < 4.78 is 161. The van der Waals surface area contributed by atoms with Gasteiger partial charge in [-0.3, -0.25) is 0 Å². The second-order valence-electron chi connectivity index (χ2n) is 4.84. The number of nitroso groups, excluding NO2 is 1. The third-order valence-corrected chi connectivity index (χ3v) is 6.50. The summed E-state index contributed by atoms with van der Waals surface area (Å²) in [6.07, 6.45) is -7.30. The second kappa shape index (κ2) is 6.83. The van der Waals surface area contributed by atoms with Gasteiger partial charge in [0, 0.05) is 0 Å². The Morgan fingerprint density at radius 1 is 0.750 bits per heavy atom. The average molecular weight is 468 g/mol. The molecule has 0 aromatic heterocycles. The Morgan fingerprint density at radius 2 is 1.18 bits per heavy atom. The van der Waals surface area contributed by atoms with Crippen LogP contribution >= 0.6 is 0 Å². The van der Waals surface area contributed by atoms with Crippen LogP contribution in [0.25, 0.3) is 0 Å². The maximum absolute atomic E-state index is 13.5. The SMILES string of the molecule is O=Nc1ccc(S(=O)(=O)NS(=O)(=O)C(F)(F)C(F)(F)C(F)(F)C(F)(F)F)cc1. The number of rotatable bonds is 7. The predicted molar refractivity (Wildman–Crippen MR) is 72.0 cm³/mol. The molecule has 0 amide bonds. The van der Waals surface area contributed by atoms with Crippen molar-refractivity contribution in [3.8, 4) is 0 Å². The molecule has 0 aliphatic carbocycles. The minimum atomic E-state index is -7.59. The zero-order valence-electron chi connectivity index (χ0n) is 12.5. The van der Waals surface area contributed by atoms with Crippen LogP contribution in [0.2, 0.25) is 0 Å². The lowest BCUT2D eigenvalue weighted by atomic mass is 10.1. The third-order valence-electron chi connectivity index (χ3n) is 2.93. The van der Waals surface area contributed by atoms with E-state index in [1.807, 2.05) is 0 Å². The lowest BCUT2D eigenvalue weighted by molar-refractivity contribution is -0.382. The molecule has 0 radical (unpaired) electrons. The van der Waals surface area contributed by atoms with Crippen molar-refractivity contribution in [1.82, 2.24) is 4.13 Å². The van der Waals surface area contributed by atoms with E-state index < -0.39 is 53.9 Å². The quantitative estimate of drug-likeness (QED) is 0.489. The number of alkyl halides is 9. The molecule has 0 atom stereocenters. The Bertz CT molecular complexity index is 956. The van der Waals surface area contributed by atoms with E-state index in [0.717, 1.165) is 0 Å². The summed E-state index contributed by atoms with van der Waals surface area (Å²) in [6, 6.07) is 1.99. The number of halogens is 9. The molecule has 160 valence electrons. The molecule has 0 bridgehead atoms. The molecule has 0 aliphatic rings. The Labute approximate surface area is 149 Å². The normalized spacial score (nSPS) is 14.8. The smallest absolute Gasteiger partial charge is 0.206 e. The molecule has 1 rings (SSSR count). The van der Waals surface area contributed by atoms with Gasteiger partial charge in [-0.15, -0.1) is 4.91 Å². The van der Waals surface area contributed by atoms with E-state index >= 15 is 0 Å². The van der Waals surface area contributed by atoms with E-state index in [2.05, 4.69) is 5.18 Å². The van der Waals surface area contributed by atoms with Crippen molar-refractivity contribution < 1.29 is 56.3 Å². The summed E-state index contributed by atoms with van der Waals surface area (Å²) in [5, 5.41) is -4.93. The van der Waals surface area contributed by atoms with Gasteiger partial charge in [-0.25, -0.2) is 16.8 Å². The van der Waals surface area contributed by atoms with Crippen LogP contribution in [0.15, 0.2) is 34.3 Å². The summed E-state index contributed by atoms with van der Waals surface area (Å²) in [5.41, 5.74) is -0.441. The summed E-state index contributed by atoms with van der Waals surface area (Å²) in [5.74, 6) is -15.1. The molecule has 18 heteroatoms. The zero-order chi connectivity index (χ0) is 22.4. The molecule has 0 saturated carbocycles. The molecule has 0 unspecified atom stereocenters. The van der Waals surface area contributed by atoms with Crippen LogP contribution in [0.4, 0.5) is 45.2 Å². The fraction of sp³-hybridized carbons (Fsp3) is 0.400. The molecule has 0 saturated heterocycles. The van der Waals surface area contributed by atoms with E-state index in [4.69, 9.17) is 0 Å². The highest BCUT2D eigenvalue weighted by Gasteiger charge is 2.85. The molecular weight excluding hydrogens is 463 g/mol. The van der Waals surface area contributed by atoms with E-state index in [9.17, 15) is 61.3 Å². The number of benzene rings is 1. The molecular formula is C10H5F9N2O5S2. The summed E-state index contributed by atoms with van der Waals surface area (Å²) >= 11 is 0. The van der Waals surface area contributed by atoms with Crippen molar-refractivity contribution in [3.05, 3.63) is 29.2 Å². The number of hydrogen-bond donors (Lipinski definition) is 1. The van der Waals surface area contributed by atoms with Gasteiger partial charge in [-0.2, -0.15) is 39.5 Å². The predicted octanol–water partition coefficient (Wildman–Crippen LogP) is 3.12. The highest BCUT2D eigenvalue weighted by molar-refractivity contribution is 8.05. The topological polar surface area (TPSA) is 110 Å². The van der Waals surface area contributed by atoms with Gasteiger partial charge in [0.2, 0.25) is 0 Å². The minimum absolute atomic E-state index is 0.0387. The van der Waals surface area contributed by atoms with Crippen LogP contribution < -0.4 is 4.13 Å². The fourth-order valence-corrected chi connectivity index (χ4v) is 4.38. The first kappa shape index (κ1) is 24.1. The Hall–Kier alpha value is -1.95. The lowest BCUT2D eigenvalue weighted by Gasteiger charge is -2.32. The van der Waals surface area contributed by atoms with Gasteiger partial charge >= 0.3 is 23.3 Å². The van der Waals surface area contributed by atoms with Crippen molar-refractivity contribution in [2.45, 2.75) is 28.2 Å². The molecule has 0 fully saturated rings. The van der Waals surface area contributed by atoms with Crippen molar-refractivity contribution in [2.24, 2.45) is 5.18 Å². The van der Waals surface area contributed by atoms with Crippen molar-refractivity contribution in [3.63, 3.8) is 0 Å². The van der Waals surface area contributed by atoms with Crippen molar-refractivity contribution >= 4 is 25.7 Å². The molecule has 0 aliphatic heterocycles. The largest absolute Gasteiger partial charge is 0.460 e. The highest BCUT2D eigenvalue weighted by Crippen LogP contribution is 2.54. The Morgan fingerprint density at radius 3 is 1.54 bits per heavy atom. The van der Waals surface area contributed by atoms with Gasteiger partial charge in [-0.1, -0.05) is 4.13 Å². The van der Waals surface area contributed by atoms with E-state index in [1.54, 1.807) is 0 Å². The summed E-state index contributed by atoms with van der Waals surface area (Å²) in [4.78, 5) is 8.91. The van der Waals surface area contributed by atoms with Crippen molar-refractivity contribution in [1.29, 1.82) is 0 Å². The van der Waals surface area contributed by atoms with Crippen LogP contribution in [-0.4, -0.2) is 40.1 Å². The van der Waals surface area contributed by atoms with E-state index in [1.165, 1.54) is 0 Å². The monoisotopic (exact) mass is 468 g/mol. The number of nitrogens with zero attached hydrogens (tertiary/aromatic N) is 1. The molecule has 1 N–H and O–H groups in total. The maximum atomic E-state index is 13.5. The molecule has 1 aromatic carbocycles. The second-order valence-corrected chi connectivity index (χ2v) is 8.50. The zero-order valence-corrected chi connectivity index (χ0v) is 14.1. The lowest BCUT2D eigenvalue weighted by Crippen LogP contribution is -2.65. The van der Waals surface area contributed by atoms with Crippen LogP contribution in [0, 0.1) is 4.91 Å². The van der Waals surface area contributed by atoms with E-state index in [0.29, 0.717) is 24.3 Å². The van der Waals surface area contributed by atoms with Crippen LogP contribution in [-0.2, 0) is 20.0 Å². The van der Waals surface area contributed by atoms with Gasteiger partial charge in [-0.05, 0) is 29.4 Å². The van der Waals surface area contributed by atoms with E-state index in [-0.39, 0.29) is 4.13 Å². The van der Waals surface area contributed by atoms with Gasteiger partial charge in [0.25, 0.3) is 20.0 Å². The fourth-order valence-electron chi connectivity index (χ4n) is 1.46. The molecule has 0 heterocycles. The summed E-state index contributed by atoms with van der Waals surface area (Å²) in [6.45, 7) is 0. The van der Waals surface area contributed by atoms with Gasteiger partial charge in [0.15, 0.2) is 0 Å². The number of hydrogen-bond acceptors (Lipinski definition) is 6.